The highest BCUT2D eigenvalue weighted by Gasteiger charge is 2.25. The van der Waals surface area contributed by atoms with E-state index in [2.05, 4.69) is 5.32 Å². The third-order valence-corrected chi connectivity index (χ3v) is 5.91. The summed E-state index contributed by atoms with van der Waals surface area (Å²) < 4.78 is 26.4. The summed E-state index contributed by atoms with van der Waals surface area (Å²) in [6.07, 6.45) is 0.476. The van der Waals surface area contributed by atoms with Gasteiger partial charge in [0.05, 0.1) is 19.3 Å². The number of nitrogens with zero attached hydrogens (tertiary/aromatic N) is 1. The molecule has 2 rings (SSSR count). The van der Waals surface area contributed by atoms with Gasteiger partial charge in [0.25, 0.3) is 0 Å². The van der Waals surface area contributed by atoms with Crippen molar-refractivity contribution in [2.24, 2.45) is 0 Å². The van der Waals surface area contributed by atoms with Crippen LogP contribution < -0.4 is 5.32 Å². The van der Waals surface area contributed by atoms with Gasteiger partial charge in [-0.05, 0) is 37.0 Å². The van der Waals surface area contributed by atoms with Crippen LogP contribution in [0.4, 0.5) is 0 Å². The molecule has 2 aromatic rings. The van der Waals surface area contributed by atoms with E-state index in [1.165, 1.54) is 12.1 Å². The van der Waals surface area contributed by atoms with Crippen molar-refractivity contribution < 1.29 is 13.2 Å². The Labute approximate surface area is 156 Å². The zero-order valence-electron chi connectivity index (χ0n) is 15.1. The Kier molecular flexibility index (Phi) is 7.00. The quantitative estimate of drug-likeness (QED) is 0.722. The van der Waals surface area contributed by atoms with Gasteiger partial charge in [-0.15, -0.1) is 0 Å². The van der Waals surface area contributed by atoms with Crippen LogP contribution in [0.15, 0.2) is 59.5 Å². The molecule has 136 valence electrons. The number of benzene rings is 2. The van der Waals surface area contributed by atoms with E-state index in [0.717, 1.165) is 15.4 Å². The summed E-state index contributed by atoms with van der Waals surface area (Å²) in [4.78, 5) is 12.4. The molecule has 0 saturated carbocycles. The Morgan fingerprint density at radius 2 is 1.73 bits per heavy atom. The SMILES string of the molecule is [B][C@H](Cc1ccc(C)cc1)NC(=O)CN(CC)S(=O)(=O)c1ccccc1. The highest BCUT2D eigenvalue weighted by atomic mass is 32.2. The molecule has 2 aromatic carbocycles. The van der Waals surface area contributed by atoms with Crippen molar-refractivity contribution in [2.45, 2.75) is 31.1 Å². The average Bonchev–Trinajstić information content (AvgIpc) is 2.62. The maximum Gasteiger partial charge on any atom is 0.243 e. The number of carbonyl (C=O) groups is 1. The van der Waals surface area contributed by atoms with Gasteiger partial charge in [-0.1, -0.05) is 55.0 Å². The van der Waals surface area contributed by atoms with Crippen molar-refractivity contribution in [3.63, 3.8) is 0 Å². The maximum absolute atomic E-state index is 12.6. The lowest BCUT2D eigenvalue weighted by Crippen LogP contribution is -2.45. The molecular formula is C19H23BN2O3S. The number of aryl methyl sites for hydroxylation is 1. The molecule has 0 unspecified atom stereocenters. The summed E-state index contributed by atoms with van der Waals surface area (Å²) >= 11 is 0. The number of sulfonamides is 1. The number of hydrogen-bond acceptors (Lipinski definition) is 3. The van der Waals surface area contributed by atoms with Crippen LogP contribution in [0.2, 0.25) is 0 Å². The molecule has 1 N–H and O–H groups in total. The van der Waals surface area contributed by atoms with Crippen LogP contribution in [0.3, 0.4) is 0 Å². The van der Waals surface area contributed by atoms with E-state index in [1.807, 2.05) is 31.2 Å². The number of likely N-dealkylation sites (N-methyl/N-ethyl adjacent to an activating group) is 1. The number of amides is 1. The first-order valence-electron chi connectivity index (χ1n) is 8.48. The number of carbonyl (C=O) groups excluding carboxylic acids is 1. The molecule has 0 aliphatic heterocycles. The van der Waals surface area contributed by atoms with Crippen LogP contribution in [0.25, 0.3) is 0 Å². The van der Waals surface area contributed by atoms with Crippen LogP contribution in [-0.4, -0.2) is 45.5 Å². The van der Waals surface area contributed by atoms with Crippen molar-refractivity contribution in [1.29, 1.82) is 0 Å². The largest absolute Gasteiger partial charge is 0.361 e. The lowest BCUT2D eigenvalue weighted by molar-refractivity contribution is -0.121. The molecule has 0 bridgehead atoms. The number of nitrogens with one attached hydrogen (secondary N) is 1. The lowest BCUT2D eigenvalue weighted by Gasteiger charge is -2.22. The maximum atomic E-state index is 12.6. The summed E-state index contributed by atoms with van der Waals surface area (Å²) in [6, 6.07) is 15.9. The molecule has 0 aliphatic carbocycles. The Morgan fingerprint density at radius 3 is 2.31 bits per heavy atom. The molecule has 26 heavy (non-hydrogen) atoms. The Hall–Kier alpha value is -2.12. The minimum absolute atomic E-state index is 0.165. The zero-order chi connectivity index (χ0) is 19.2. The summed E-state index contributed by atoms with van der Waals surface area (Å²) in [5.41, 5.74) is 2.16. The van der Waals surface area contributed by atoms with Crippen LogP contribution in [0.1, 0.15) is 18.1 Å². The van der Waals surface area contributed by atoms with Gasteiger partial charge < -0.3 is 5.32 Å². The first kappa shape index (κ1) is 20.2. The van der Waals surface area contributed by atoms with E-state index in [-0.39, 0.29) is 18.0 Å². The topological polar surface area (TPSA) is 66.5 Å². The van der Waals surface area contributed by atoms with Crippen LogP contribution in [0.5, 0.6) is 0 Å². The number of hydrogen-bond donors (Lipinski definition) is 1. The fourth-order valence-corrected chi connectivity index (χ4v) is 3.98. The van der Waals surface area contributed by atoms with Crippen molar-refractivity contribution >= 4 is 23.8 Å². The van der Waals surface area contributed by atoms with Crippen LogP contribution in [-0.2, 0) is 21.2 Å². The summed E-state index contributed by atoms with van der Waals surface area (Å²) in [5.74, 6) is -1.01. The van der Waals surface area contributed by atoms with Gasteiger partial charge in [0.2, 0.25) is 15.9 Å². The predicted octanol–water partition coefficient (Wildman–Crippen LogP) is 1.86. The highest BCUT2D eigenvalue weighted by Crippen LogP contribution is 2.14. The van der Waals surface area contributed by atoms with E-state index >= 15 is 0 Å². The highest BCUT2D eigenvalue weighted by molar-refractivity contribution is 7.89. The molecule has 0 aliphatic rings. The predicted molar refractivity (Wildman–Crippen MR) is 103 cm³/mol. The third kappa shape index (κ3) is 5.44. The Balaban J connectivity index is 1.97. The minimum Gasteiger partial charge on any atom is -0.361 e. The Bertz CT molecular complexity index is 824. The van der Waals surface area contributed by atoms with Gasteiger partial charge in [0.15, 0.2) is 0 Å². The van der Waals surface area contributed by atoms with Crippen molar-refractivity contribution in [1.82, 2.24) is 9.62 Å². The third-order valence-electron chi connectivity index (χ3n) is 3.98. The van der Waals surface area contributed by atoms with Gasteiger partial charge in [0, 0.05) is 6.54 Å². The molecule has 5 nitrogen and oxygen atoms in total. The van der Waals surface area contributed by atoms with E-state index in [9.17, 15) is 13.2 Å². The van der Waals surface area contributed by atoms with E-state index in [1.54, 1.807) is 25.1 Å². The molecule has 0 saturated heterocycles. The number of rotatable bonds is 8. The second-order valence-corrected chi connectivity index (χ2v) is 8.05. The Morgan fingerprint density at radius 1 is 1.12 bits per heavy atom. The summed E-state index contributed by atoms with van der Waals surface area (Å²) in [7, 11) is 2.27. The molecule has 0 spiro atoms. The molecule has 1 amide bonds. The van der Waals surface area contributed by atoms with E-state index < -0.39 is 21.9 Å². The van der Waals surface area contributed by atoms with Gasteiger partial charge in [-0.3, -0.25) is 4.79 Å². The zero-order valence-corrected chi connectivity index (χ0v) is 15.9. The fourth-order valence-electron chi connectivity index (χ4n) is 2.55. The van der Waals surface area contributed by atoms with Crippen molar-refractivity contribution in [2.75, 3.05) is 13.1 Å². The van der Waals surface area contributed by atoms with Crippen molar-refractivity contribution in [3.05, 3.63) is 65.7 Å². The molecule has 2 radical (unpaired) electrons. The summed E-state index contributed by atoms with van der Waals surface area (Å²) in [5, 5.41) is 2.66. The molecule has 0 fully saturated rings. The molecule has 7 heteroatoms. The first-order valence-corrected chi connectivity index (χ1v) is 9.92. The second-order valence-electron chi connectivity index (χ2n) is 6.11. The average molecular weight is 370 g/mol. The van der Waals surface area contributed by atoms with Gasteiger partial charge >= 0.3 is 0 Å². The van der Waals surface area contributed by atoms with Gasteiger partial charge in [-0.25, -0.2) is 8.42 Å². The molecule has 0 aromatic heterocycles. The lowest BCUT2D eigenvalue weighted by atomic mass is 9.89. The van der Waals surface area contributed by atoms with Gasteiger partial charge in [-0.2, -0.15) is 4.31 Å². The van der Waals surface area contributed by atoms with Crippen molar-refractivity contribution in [3.8, 4) is 0 Å². The van der Waals surface area contributed by atoms with Crippen LogP contribution >= 0.6 is 0 Å². The second kappa shape index (κ2) is 9.01. The smallest absolute Gasteiger partial charge is 0.243 e. The normalized spacial score (nSPS) is 12.7. The van der Waals surface area contributed by atoms with E-state index in [0.29, 0.717) is 6.42 Å². The van der Waals surface area contributed by atoms with Crippen LogP contribution in [0, 0.1) is 6.92 Å². The monoisotopic (exact) mass is 370 g/mol. The molecule has 1 atom stereocenters. The standard InChI is InChI=1S/C19H23BN2O3S/c1-3-22(26(24,25)17-7-5-4-6-8-17)14-19(23)21-18(20)13-16-11-9-15(2)10-12-16/h4-12,18H,3,13-14H2,1-2H3,(H,21,23)/t18-/m0/s1. The van der Waals surface area contributed by atoms with E-state index in [4.69, 9.17) is 7.85 Å². The first-order chi connectivity index (χ1) is 12.3. The fraction of sp³-hybridized carbons (Fsp3) is 0.316. The molecule has 0 heterocycles. The van der Waals surface area contributed by atoms with Gasteiger partial charge in [0.1, 0.15) is 0 Å². The minimum atomic E-state index is -3.71. The summed E-state index contributed by atoms with van der Waals surface area (Å²) in [6.45, 7) is 3.62. The molecular weight excluding hydrogens is 347 g/mol.